The molecule has 4 nitrogen and oxygen atoms in total. The molecule has 1 aromatic heterocycles. The van der Waals surface area contributed by atoms with E-state index < -0.39 is 12.5 Å². The van der Waals surface area contributed by atoms with Crippen LogP contribution in [0.3, 0.4) is 0 Å². The molecular formula is C10H10F2N2O2S. The molecule has 92 valence electrons. The lowest BCUT2D eigenvalue weighted by Gasteiger charge is -2.15. The van der Waals surface area contributed by atoms with E-state index in [1.54, 1.807) is 0 Å². The van der Waals surface area contributed by atoms with Gasteiger partial charge in [-0.15, -0.1) is 11.3 Å². The molecule has 0 atom stereocenters. The van der Waals surface area contributed by atoms with E-state index in [0.717, 1.165) is 11.3 Å². The van der Waals surface area contributed by atoms with Crippen LogP contribution in [-0.4, -0.2) is 31.0 Å². The van der Waals surface area contributed by atoms with E-state index in [2.05, 4.69) is 4.74 Å². The lowest BCUT2D eigenvalue weighted by molar-refractivity contribution is -0.0499. The number of carbonyl (C=O) groups excluding carboxylic acids is 1. The molecule has 0 radical (unpaired) electrons. The van der Waals surface area contributed by atoms with Crippen molar-refractivity contribution >= 4 is 17.2 Å². The van der Waals surface area contributed by atoms with Crippen molar-refractivity contribution in [1.29, 1.82) is 5.26 Å². The fraction of sp³-hybridized carbons (Fsp3) is 0.400. The standard InChI is InChI=1S/C10H10F2N2O2S/c1-14(5-2-4-13)9(15)8-7(3-6-17-8)16-10(11)12/h3,6,10H,2,5H2,1H3. The molecule has 0 aliphatic carbocycles. The maximum atomic E-state index is 12.1. The molecule has 0 fully saturated rings. The number of rotatable bonds is 5. The fourth-order valence-corrected chi connectivity index (χ4v) is 1.95. The number of hydrogen-bond acceptors (Lipinski definition) is 4. The van der Waals surface area contributed by atoms with E-state index in [9.17, 15) is 13.6 Å². The predicted octanol–water partition coefficient (Wildman–Crippen LogP) is 2.34. The molecule has 17 heavy (non-hydrogen) atoms. The van der Waals surface area contributed by atoms with Crippen molar-refractivity contribution in [3.05, 3.63) is 16.3 Å². The summed E-state index contributed by atoms with van der Waals surface area (Å²) in [6, 6.07) is 3.23. The number of hydrogen-bond donors (Lipinski definition) is 0. The summed E-state index contributed by atoms with van der Waals surface area (Å²) in [4.78, 5) is 13.2. The molecule has 1 heterocycles. The number of amides is 1. The summed E-state index contributed by atoms with van der Waals surface area (Å²) in [6.45, 7) is -2.71. The summed E-state index contributed by atoms with van der Waals surface area (Å²) >= 11 is 1.03. The highest BCUT2D eigenvalue weighted by atomic mass is 32.1. The number of ether oxygens (including phenoxy) is 1. The SMILES string of the molecule is CN(CCC#N)C(=O)c1sccc1OC(F)F. The average molecular weight is 260 g/mol. The van der Waals surface area contributed by atoms with Gasteiger partial charge in [-0.2, -0.15) is 14.0 Å². The Morgan fingerprint density at radius 3 is 3.00 bits per heavy atom. The molecule has 1 aromatic rings. The van der Waals surface area contributed by atoms with Gasteiger partial charge in [0, 0.05) is 13.6 Å². The molecular weight excluding hydrogens is 250 g/mol. The van der Waals surface area contributed by atoms with Gasteiger partial charge >= 0.3 is 6.61 Å². The average Bonchev–Trinajstić information content (AvgIpc) is 2.71. The highest BCUT2D eigenvalue weighted by Crippen LogP contribution is 2.27. The molecule has 1 amide bonds. The summed E-state index contributed by atoms with van der Waals surface area (Å²) in [6.07, 6.45) is 0.193. The first-order valence-electron chi connectivity index (χ1n) is 4.71. The van der Waals surface area contributed by atoms with Gasteiger partial charge in [-0.1, -0.05) is 0 Å². The first kappa shape index (κ1) is 13.4. The van der Waals surface area contributed by atoms with E-state index in [0.29, 0.717) is 0 Å². The Morgan fingerprint density at radius 1 is 1.71 bits per heavy atom. The molecule has 0 aromatic carbocycles. The van der Waals surface area contributed by atoms with Crippen LogP contribution in [0.25, 0.3) is 0 Å². The van der Waals surface area contributed by atoms with Crippen molar-refractivity contribution < 1.29 is 18.3 Å². The smallest absolute Gasteiger partial charge is 0.387 e. The van der Waals surface area contributed by atoms with Crippen LogP contribution >= 0.6 is 11.3 Å². The first-order chi connectivity index (χ1) is 8.06. The normalized spacial score (nSPS) is 10.1. The van der Waals surface area contributed by atoms with Crippen molar-refractivity contribution in [1.82, 2.24) is 4.90 Å². The molecule has 0 N–H and O–H groups in total. The Kier molecular flexibility index (Phi) is 4.84. The van der Waals surface area contributed by atoms with Gasteiger partial charge in [-0.25, -0.2) is 0 Å². The Bertz CT molecular complexity index is 428. The zero-order valence-electron chi connectivity index (χ0n) is 9.02. The Balaban J connectivity index is 2.75. The number of nitrogens with zero attached hydrogens (tertiary/aromatic N) is 2. The molecule has 0 bridgehead atoms. The maximum Gasteiger partial charge on any atom is 0.387 e. The molecule has 0 saturated heterocycles. The van der Waals surface area contributed by atoms with Crippen LogP contribution < -0.4 is 4.74 Å². The third kappa shape index (κ3) is 3.67. The first-order valence-corrected chi connectivity index (χ1v) is 5.59. The lowest BCUT2D eigenvalue weighted by Crippen LogP contribution is -2.27. The number of alkyl halides is 2. The quantitative estimate of drug-likeness (QED) is 0.816. The second-order valence-corrected chi connectivity index (χ2v) is 4.04. The van der Waals surface area contributed by atoms with Crippen molar-refractivity contribution in [3.63, 3.8) is 0 Å². The van der Waals surface area contributed by atoms with Gasteiger partial charge in [-0.05, 0) is 11.4 Å². The van der Waals surface area contributed by atoms with Gasteiger partial charge < -0.3 is 9.64 Å². The van der Waals surface area contributed by atoms with Crippen molar-refractivity contribution in [2.45, 2.75) is 13.0 Å². The van der Waals surface area contributed by atoms with Crippen molar-refractivity contribution in [2.75, 3.05) is 13.6 Å². The van der Waals surface area contributed by atoms with Gasteiger partial charge in [-0.3, -0.25) is 4.79 Å². The highest BCUT2D eigenvalue weighted by Gasteiger charge is 2.20. The van der Waals surface area contributed by atoms with Crippen LogP contribution in [0.5, 0.6) is 5.75 Å². The molecule has 7 heteroatoms. The van der Waals surface area contributed by atoms with Gasteiger partial charge in [0.15, 0.2) is 0 Å². The van der Waals surface area contributed by atoms with Crippen LogP contribution in [0.1, 0.15) is 16.1 Å². The molecule has 0 aliphatic heterocycles. The molecule has 0 aliphatic rings. The Labute approximate surface area is 101 Å². The van der Waals surface area contributed by atoms with Crippen LogP contribution in [0.15, 0.2) is 11.4 Å². The highest BCUT2D eigenvalue weighted by molar-refractivity contribution is 7.12. The zero-order valence-corrected chi connectivity index (χ0v) is 9.84. The summed E-state index contributed by atoms with van der Waals surface area (Å²) in [5.74, 6) is -0.551. The van der Waals surface area contributed by atoms with E-state index in [1.807, 2.05) is 6.07 Å². The topological polar surface area (TPSA) is 53.3 Å². The second kappa shape index (κ2) is 6.15. The van der Waals surface area contributed by atoms with Crippen LogP contribution in [0.4, 0.5) is 8.78 Å². The molecule has 1 rings (SSSR count). The van der Waals surface area contributed by atoms with Crippen molar-refractivity contribution in [3.8, 4) is 11.8 Å². The minimum Gasteiger partial charge on any atom is -0.433 e. The summed E-state index contributed by atoms with van der Waals surface area (Å²) in [5.41, 5.74) is 0. The number of nitriles is 1. The summed E-state index contributed by atoms with van der Waals surface area (Å²) < 4.78 is 28.3. The zero-order chi connectivity index (χ0) is 12.8. The van der Waals surface area contributed by atoms with E-state index >= 15 is 0 Å². The molecule has 0 spiro atoms. The van der Waals surface area contributed by atoms with Gasteiger partial charge in [0.05, 0.1) is 12.5 Å². The lowest BCUT2D eigenvalue weighted by atomic mass is 10.3. The minimum absolute atomic E-state index is 0.116. The van der Waals surface area contributed by atoms with Crippen LogP contribution in [-0.2, 0) is 0 Å². The number of halogens is 2. The van der Waals surface area contributed by atoms with E-state index in [1.165, 1.54) is 23.4 Å². The van der Waals surface area contributed by atoms with E-state index in [-0.39, 0.29) is 23.6 Å². The van der Waals surface area contributed by atoms with Crippen molar-refractivity contribution in [2.24, 2.45) is 0 Å². The third-order valence-corrected chi connectivity index (χ3v) is 2.83. The number of thiophene rings is 1. The third-order valence-electron chi connectivity index (χ3n) is 1.95. The monoisotopic (exact) mass is 260 g/mol. The Morgan fingerprint density at radius 2 is 2.41 bits per heavy atom. The van der Waals surface area contributed by atoms with E-state index in [4.69, 9.17) is 5.26 Å². The largest absolute Gasteiger partial charge is 0.433 e. The minimum atomic E-state index is -2.96. The van der Waals surface area contributed by atoms with Gasteiger partial charge in [0.2, 0.25) is 0 Å². The predicted molar refractivity (Wildman–Crippen MR) is 58.1 cm³/mol. The number of carbonyl (C=O) groups is 1. The fourth-order valence-electron chi connectivity index (χ4n) is 1.13. The summed E-state index contributed by atoms with van der Waals surface area (Å²) in [7, 11) is 1.51. The van der Waals surface area contributed by atoms with Gasteiger partial charge in [0.25, 0.3) is 5.91 Å². The molecule has 0 saturated carbocycles. The van der Waals surface area contributed by atoms with Crippen LogP contribution in [0, 0.1) is 11.3 Å². The Hall–Kier alpha value is -1.68. The summed E-state index contributed by atoms with van der Waals surface area (Å²) in [5, 5.41) is 9.89. The van der Waals surface area contributed by atoms with Gasteiger partial charge in [0.1, 0.15) is 10.6 Å². The van der Waals surface area contributed by atoms with Crippen LogP contribution in [0.2, 0.25) is 0 Å². The molecule has 0 unspecified atom stereocenters. The second-order valence-electron chi connectivity index (χ2n) is 3.13. The maximum absolute atomic E-state index is 12.1.